The van der Waals surface area contributed by atoms with Crippen molar-refractivity contribution in [2.24, 2.45) is 5.92 Å². The quantitative estimate of drug-likeness (QED) is 0.590. The highest BCUT2D eigenvalue weighted by Crippen LogP contribution is 2.16. The zero-order chi connectivity index (χ0) is 6.69. The molecule has 0 aromatic heterocycles. The molecule has 0 amide bonds. The van der Waals surface area contributed by atoms with Crippen LogP contribution >= 0.6 is 0 Å². The Kier molecular flexibility index (Phi) is 2.42. The minimum absolute atomic E-state index is 0.0370. The van der Waals surface area contributed by atoms with Crippen LogP contribution in [0.15, 0.2) is 0 Å². The molecule has 0 spiro atoms. The second kappa shape index (κ2) is 3.13. The van der Waals surface area contributed by atoms with Gasteiger partial charge >= 0.3 is 0 Å². The lowest BCUT2D eigenvalue weighted by atomic mass is 10.0. The fraction of sp³-hybridized carbons (Fsp3) is 1.00. The van der Waals surface area contributed by atoms with E-state index in [0.717, 1.165) is 6.42 Å². The third-order valence-electron chi connectivity index (χ3n) is 1.67. The van der Waals surface area contributed by atoms with Gasteiger partial charge in [-0.05, 0) is 6.42 Å². The van der Waals surface area contributed by atoms with Crippen LogP contribution in [0, 0.1) is 5.92 Å². The highest BCUT2D eigenvalue weighted by molar-refractivity contribution is 4.71. The van der Waals surface area contributed by atoms with Crippen molar-refractivity contribution < 1.29 is 14.2 Å². The summed E-state index contributed by atoms with van der Waals surface area (Å²) in [7, 11) is 0. The maximum atomic E-state index is 11.7. The van der Waals surface area contributed by atoms with Crippen LogP contribution in [-0.2, 0) is 4.74 Å². The van der Waals surface area contributed by atoms with E-state index in [4.69, 9.17) is 9.84 Å². The summed E-state index contributed by atoms with van der Waals surface area (Å²) in [6.45, 7) is 0.542. The van der Waals surface area contributed by atoms with Gasteiger partial charge in [0, 0.05) is 12.5 Å². The van der Waals surface area contributed by atoms with Gasteiger partial charge in [0.2, 0.25) is 0 Å². The normalized spacial score (nSPS) is 30.7. The number of aliphatic hydroxyl groups is 1. The molecule has 0 aliphatic carbocycles. The van der Waals surface area contributed by atoms with Crippen LogP contribution in [0.3, 0.4) is 0 Å². The Bertz CT molecular complexity index is 81.1. The molecule has 3 heteroatoms. The van der Waals surface area contributed by atoms with E-state index >= 15 is 0 Å². The van der Waals surface area contributed by atoms with Crippen molar-refractivity contribution in [3.05, 3.63) is 0 Å². The van der Waals surface area contributed by atoms with Crippen LogP contribution < -0.4 is 0 Å². The van der Waals surface area contributed by atoms with Crippen LogP contribution in [-0.4, -0.2) is 31.1 Å². The van der Waals surface area contributed by atoms with Crippen molar-refractivity contribution in [1.29, 1.82) is 0 Å². The van der Waals surface area contributed by atoms with Crippen molar-refractivity contribution in [2.75, 3.05) is 19.9 Å². The lowest BCUT2D eigenvalue weighted by Crippen LogP contribution is -2.22. The van der Waals surface area contributed by atoms with E-state index in [-0.39, 0.29) is 5.92 Å². The summed E-state index contributed by atoms with van der Waals surface area (Å²) in [6, 6.07) is 0. The molecular formula is C6H11FO2. The van der Waals surface area contributed by atoms with E-state index in [9.17, 15) is 4.39 Å². The van der Waals surface area contributed by atoms with Crippen molar-refractivity contribution in [3.8, 4) is 0 Å². The minimum Gasteiger partial charge on any atom is -0.390 e. The van der Waals surface area contributed by atoms with E-state index in [0.29, 0.717) is 13.2 Å². The number of hydrogen-bond donors (Lipinski definition) is 1. The van der Waals surface area contributed by atoms with Gasteiger partial charge in [-0.25, -0.2) is 4.39 Å². The van der Waals surface area contributed by atoms with Gasteiger partial charge in [0.15, 0.2) is 0 Å². The molecule has 54 valence electrons. The SMILES string of the molecule is OC(CF)C1CCOC1. The summed E-state index contributed by atoms with van der Waals surface area (Å²) >= 11 is 0. The largest absolute Gasteiger partial charge is 0.390 e. The van der Waals surface area contributed by atoms with E-state index in [1.807, 2.05) is 0 Å². The van der Waals surface area contributed by atoms with Gasteiger partial charge in [-0.1, -0.05) is 0 Å². The zero-order valence-electron chi connectivity index (χ0n) is 5.22. The number of aliphatic hydroxyl groups excluding tert-OH is 1. The highest BCUT2D eigenvalue weighted by atomic mass is 19.1. The fourth-order valence-electron chi connectivity index (χ4n) is 0.982. The summed E-state index contributed by atoms with van der Waals surface area (Å²) in [4.78, 5) is 0. The minimum atomic E-state index is -0.799. The van der Waals surface area contributed by atoms with Crippen LogP contribution in [0.4, 0.5) is 4.39 Å². The first-order chi connectivity index (χ1) is 4.34. The standard InChI is InChI=1S/C6H11FO2/c7-3-6(8)5-1-2-9-4-5/h5-6,8H,1-4H2. The summed E-state index contributed by atoms with van der Waals surface area (Å²) in [5.74, 6) is 0.0370. The van der Waals surface area contributed by atoms with Gasteiger partial charge in [-0.3, -0.25) is 0 Å². The third-order valence-corrected chi connectivity index (χ3v) is 1.67. The molecular weight excluding hydrogens is 123 g/mol. The Morgan fingerprint density at radius 3 is 3.00 bits per heavy atom. The van der Waals surface area contributed by atoms with E-state index in [1.165, 1.54) is 0 Å². The molecule has 1 heterocycles. The highest BCUT2D eigenvalue weighted by Gasteiger charge is 2.23. The van der Waals surface area contributed by atoms with Crippen LogP contribution in [0.2, 0.25) is 0 Å². The Morgan fingerprint density at radius 1 is 1.78 bits per heavy atom. The van der Waals surface area contributed by atoms with E-state index in [1.54, 1.807) is 0 Å². The summed E-state index contributed by atoms with van der Waals surface area (Å²) in [5.41, 5.74) is 0. The van der Waals surface area contributed by atoms with Gasteiger partial charge in [-0.2, -0.15) is 0 Å². The molecule has 0 aromatic carbocycles. The molecule has 1 aliphatic heterocycles. The van der Waals surface area contributed by atoms with Crippen molar-refractivity contribution in [1.82, 2.24) is 0 Å². The Balaban J connectivity index is 2.24. The number of hydrogen-bond acceptors (Lipinski definition) is 2. The van der Waals surface area contributed by atoms with E-state index in [2.05, 4.69) is 0 Å². The smallest absolute Gasteiger partial charge is 0.116 e. The first kappa shape index (κ1) is 6.96. The molecule has 0 radical (unpaired) electrons. The zero-order valence-corrected chi connectivity index (χ0v) is 5.22. The first-order valence-corrected chi connectivity index (χ1v) is 3.16. The molecule has 1 N–H and O–H groups in total. The molecule has 1 fully saturated rings. The van der Waals surface area contributed by atoms with Crippen LogP contribution in [0.5, 0.6) is 0 Å². The van der Waals surface area contributed by atoms with E-state index < -0.39 is 12.8 Å². The molecule has 9 heavy (non-hydrogen) atoms. The molecule has 1 aliphatic rings. The third kappa shape index (κ3) is 1.63. The van der Waals surface area contributed by atoms with Crippen molar-refractivity contribution in [2.45, 2.75) is 12.5 Å². The summed E-state index contributed by atoms with van der Waals surface area (Å²) in [5, 5.41) is 8.90. The molecule has 0 saturated carbocycles. The maximum absolute atomic E-state index is 11.7. The van der Waals surface area contributed by atoms with Gasteiger partial charge in [0.1, 0.15) is 6.67 Å². The number of alkyl halides is 1. The monoisotopic (exact) mass is 134 g/mol. The lowest BCUT2D eigenvalue weighted by molar-refractivity contribution is 0.0702. The molecule has 1 rings (SSSR count). The predicted octanol–water partition coefficient (Wildman–Crippen LogP) is 0.353. The average molecular weight is 134 g/mol. The van der Waals surface area contributed by atoms with Crippen LogP contribution in [0.1, 0.15) is 6.42 Å². The molecule has 2 atom stereocenters. The number of rotatable bonds is 2. The summed E-state index contributed by atoms with van der Waals surface area (Å²) in [6.07, 6.45) is -0.00190. The van der Waals surface area contributed by atoms with Gasteiger partial charge in [0.05, 0.1) is 12.7 Å². The van der Waals surface area contributed by atoms with Gasteiger partial charge in [0.25, 0.3) is 0 Å². The van der Waals surface area contributed by atoms with Crippen LogP contribution in [0.25, 0.3) is 0 Å². The molecule has 1 saturated heterocycles. The predicted molar refractivity (Wildman–Crippen MR) is 30.9 cm³/mol. The van der Waals surface area contributed by atoms with Crippen molar-refractivity contribution in [3.63, 3.8) is 0 Å². The first-order valence-electron chi connectivity index (χ1n) is 3.16. The Labute approximate surface area is 53.6 Å². The second-order valence-corrected chi connectivity index (χ2v) is 2.35. The average Bonchev–Trinajstić information content (AvgIpc) is 2.37. The van der Waals surface area contributed by atoms with Gasteiger partial charge < -0.3 is 9.84 Å². The molecule has 2 nitrogen and oxygen atoms in total. The Hall–Kier alpha value is -0.150. The molecule has 0 bridgehead atoms. The van der Waals surface area contributed by atoms with Crippen molar-refractivity contribution >= 4 is 0 Å². The maximum Gasteiger partial charge on any atom is 0.116 e. The molecule has 2 unspecified atom stereocenters. The summed E-state index contributed by atoms with van der Waals surface area (Å²) < 4.78 is 16.7. The topological polar surface area (TPSA) is 29.5 Å². The number of halogens is 1. The Morgan fingerprint density at radius 2 is 2.56 bits per heavy atom. The second-order valence-electron chi connectivity index (χ2n) is 2.35. The fourth-order valence-corrected chi connectivity index (χ4v) is 0.982. The lowest BCUT2D eigenvalue weighted by Gasteiger charge is -2.10. The molecule has 0 aromatic rings. The van der Waals surface area contributed by atoms with Gasteiger partial charge in [-0.15, -0.1) is 0 Å². The number of ether oxygens (including phenoxy) is 1.